The summed E-state index contributed by atoms with van der Waals surface area (Å²) in [5.41, 5.74) is 3.50. The standard InChI is InChI=1S/C25H27N3O3/c1-3-5-8-15-28-24(17-11-13-18(14-12-17)31-16-4-2)21-22(26-27-23(21)25(28)30)19-9-6-7-10-20(19)29/h4,6-7,9-14,24,29H,2-3,5,8,15-16H2,1H3,(H,26,27). The van der Waals surface area contributed by atoms with Crippen LogP contribution in [0.3, 0.4) is 0 Å². The summed E-state index contributed by atoms with van der Waals surface area (Å²) in [5, 5.41) is 17.8. The van der Waals surface area contributed by atoms with E-state index in [-0.39, 0.29) is 17.7 Å². The monoisotopic (exact) mass is 417 g/mol. The number of aromatic nitrogens is 2. The normalized spacial score (nSPS) is 15.2. The molecule has 0 fully saturated rings. The Bertz CT molecular complexity index is 1070. The number of carbonyl (C=O) groups is 1. The SMILES string of the molecule is C=CCOc1ccc(C2c3c(-c4ccccc4O)n[nH]c3C(=O)N2CCCCC)cc1. The van der Waals surface area contributed by atoms with Gasteiger partial charge < -0.3 is 14.7 Å². The largest absolute Gasteiger partial charge is 0.507 e. The van der Waals surface area contributed by atoms with Crippen LogP contribution in [0.5, 0.6) is 11.5 Å². The predicted molar refractivity (Wildman–Crippen MR) is 120 cm³/mol. The molecule has 160 valence electrons. The van der Waals surface area contributed by atoms with Crippen molar-refractivity contribution in [2.75, 3.05) is 13.2 Å². The third kappa shape index (κ3) is 3.93. The number of benzene rings is 2. The molecule has 2 N–H and O–H groups in total. The Morgan fingerprint density at radius 1 is 1.19 bits per heavy atom. The number of aromatic amines is 1. The Labute approximate surface area is 182 Å². The second-order valence-corrected chi connectivity index (χ2v) is 7.65. The van der Waals surface area contributed by atoms with Crippen molar-refractivity contribution in [2.45, 2.75) is 32.2 Å². The molecule has 1 amide bonds. The van der Waals surface area contributed by atoms with Crippen LogP contribution in [0.15, 0.2) is 61.2 Å². The van der Waals surface area contributed by atoms with E-state index in [1.54, 1.807) is 18.2 Å². The van der Waals surface area contributed by atoms with Crippen LogP contribution in [0.1, 0.15) is 53.8 Å². The number of carbonyl (C=O) groups excluding carboxylic acids is 1. The first kappa shape index (κ1) is 20.7. The summed E-state index contributed by atoms with van der Waals surface area (Å²) in [6, 6.07) is 14.6. The van der Waals surface area contributed by atoms with Crippen molar-refractivity contribution in [3.63, 3.8) is 0 Å². The fourth-order valence-corrected chi connectivity index (χ4v) is 4.09. The van der Waals surface area contributed by atoms with Crippen LogP contribution in [0.25, 0.3) is 11.3 Å². The third-order valence-corrected chi connectivity index (χ3v) is 5.59. The van der Waals surface area contributed by atoms with Gasteiger partial charge in [-0.15, -0.1) is 0 Å². The van der Waals surface area contributed by atoms with E-state index in [9.17, 15) is 9.90 Å². The van der Waals surface area contributed by atoms with Crippen molar-refractivity contribution in [1.29, 1.82) is 0 Å². The Balaban J connectivity index is 1.77. The zero-order valence-corrected chi connectivity index (χ0v) is 17.7. The minimum atomic E-state index is -0.277. The van der Waals surface area contributed by atoms with Gasteiger partial charge in [-0.1, -0.05) is 56.7 Å². The van der Waals surface area contributed by atoms with Gasteiger partial charge >= 0.3 is 0 Å². The van der Waals surface area contributed by atoms with E-state index >= 15 is 0 Å². The highest BCUT2D eigenvalue weighted by molar-refractivity contribution is 6.00. The lowest BCUT2D eigenvalue weighted by Gasteiger charge is -2.26. The minimum absolute atomic E-state index is 0.0581. The average molecular weight is 418 g/mol. The van der Waals surface area contributed by atoms with Gasteiger partial charge in [-0.2, -0.15) is 5.10 Å². The maximum atomic E-state index is 13.3. The zero-order valence-electron chi connectivity index (χ0n) is 17.7. The van der Waals surface area contributed by atoms with Gasteiger partial charge in [0.15, 0.2) is 0 Å². The van der Waals surface area contributed by atoms with Gasteiger partial charge in [0, 0.05) is 17.7 Å². The summed E-state index contributed by atoms with van der Waals surface area (Å²) >= 11 is 0. The first-order valence-corrected chi connectivity index (χ1v) is 10.7. The maximum Gasteiger partial charge on any atom is 0.273 e. The number of nitrogens with zero attached hydrogens (tertiary/aromatic N) is 2. The molecule has 3 aromatic rings. The molecular weight excluding hydrogens is 390 g/mol. The molecule has 2 aromatic carbocycles. The molecule has 0 saturated heterocycles. The molecule has 0 aliphatic carbocycles. The van der Waals surface area contributed by atoms with E-state index in [4.69, 9.17) is 4.74 Å². The fourth-order valence-electron chi connectivity index (χ4n) is 4.09. The van der Waals surface area contributed by atoms with Gasteiger partial charge in [0.1, 0.15) is 29.5 Å². The first-order valence-electron chi connectivity index (χ1n) is 10.7. The topological polar surface area (TPSA) is 78.5 Å². The van der Waals surface area contributed by atoms with E-state index in [2.05, 4.69) is 23.7 Å². The van der Waals surface area contributed by atoms with Crippen LogP contribution < -0.4 is 4.74 Å². The first-order chi connectivity index (χ1) is 15.2. The third-order valence-electron chi connectivity index (χ3n) is 5.59. The average Bonchev–Trinajstić information content (AvgIpc) is 3.32. The van der Waals surface area contributed by atoms with E-state index in [1.807, 2.05) is 41.3 Å². The number of hydrogen-bond donors (Lipinski definition) is 2. The van der Waals surface area contributed by atoms with Crippen molar-refractivity contribution in [1.82, 2.24) is 15.1 Å². The number of aromatic hydroxyl groups is 1. The molecule has 1 aliphatic rings. The van der Waals surface area contributed by atoms with E-state index in [0.29, 0.717) is 30.1 Å². The van der Waals surface area contributed by atoms with E-state index < -0.39 is 0 Å². The molecule has 2 heterocycles. The number of amides is 1. The van der Waals surface area contributed by atoms with Gasteiger partial charge in [0.25, 0.3) is 5.91 Å². The molecule has 1 aliphatic heterocycles. The smallest absolute Gasteiger partial charge is 0.273 e. The Morgan fingerprint density at radius 2 is 1.97 bits per heavy atom. The Hall–Kier alpha value is -3.54. The summed E-state index contributed by atoms with van der Waals surface area (Å²) in [6.45, 7) is 6.92. The number of fused-ring (bicyclic) bond motifs is 1. The Morgan fingerprint density at radius 3 is 2.68 bits per heavy atom. The number of H-pyrrole nitrogens is 1. The highest BCUT2D eigenvalue weighted by Crippen LogP contribution is 2.44. The molecule has 6 nitrogen and oxygen atoms in total. The number of ether oxygens (including phenoxy) is 1. The van der Waals surface area contributed by atoms with Crippen LogP contribution in [-0.2, 0) is 0 Å². The molecule has 4 rings (SSSR count). The summed E-state index contributed by atoms with van der Waals surface area (Å²) in [7, 11) is 0. The summed E-state index contributed by atoms with van der Waals surface area (Å²) < 4.78 is 5.61. The van der Waals surface area contributed by atoms with Crippen LogP contribution in [0.2, 0.25) is 0 Å². The lowest BCUT2D eigenvalue weighted by atomic mass is 9.95. The summed E-state index contributed by atoms with van der Waals surface area (Å²) in [4.78, 5) is 15.2. The maximum absolute atomic E-state index is 13.3. The molecule has 1 aromatic heterocycles. The number of phenols is 1. The summed E-state index contributed by atoms with van der Waals surface area (Å²) in [6.07, 6.45) is 4.78. The second kappa shape index (κ2) is 9.08. The van der Waals surface area contributed by atoms with Gasteiger partial charge in [-0.25, -0.2) is 0 Å². The number of unbranched alkanes of at least 4 members (excludes halogenated alkanes) is 2. The lowest BCUT2D eigenvalue weighted by molar-refractivity contribution is 0.0740. The molecule has 0 saturated carbocycles. The van der Waals surface area contributed by atoms with Gasteiger partial charge in [0.05, 0.1) is 6.04 Å². The Kier molecular flexibility index (Phi) is 6.07. The number of nitrogens with one attached hydrogen (secondary N) is 1. The van der Waals surface area contributed by atoms with Crippen LogP contribution in [-0.4, -0.2) is 39.3 Å². The quantitative estimate of drug-likeness (QED) is 0.376. The lowest BCUT2D eigenvalue weighted by Crippen LogP contribution is -2.30. The summed E-state index contributed by atoms with van der Waals surface area (Å²) in [5.74, 6) is 0.830. The minimum Gasteiger partial charge on any atom is -0.507 e. The van der Waals surface area contributed by atoms with Crippen molar-refractivity contribution < 1.29 is 14.6 Å². The molecule has 6 heteroatoms. The molecule has 0 spiro atoms. The molecule has 0 radical (unpaired) electrons. The van der Waals surface area contributed by atoms with Crippen molar-refractivity contribution in [2.24, 2.45) is 0 Å². The molecular formula is C25H27N3O3. The van der Waals surface area contributed by atoms with Gasteiger partial charge in [-0.05, 0) is 36.2 Å². The van der Waals surface area contributed by atoms with Crippen molar-refractivity contribution in [3.8, 4) is 22.8 Å². The van der Waals surface area contributed by atoms with Crippen LogP contribution in [0, 0.1) is 0 Å². The number of rotatable bonds is 9. The number of para-hydroxylation sites is 1. The highest BCUT2D eigenvalue weighted by Gasteiger charge is 2.42. The molecule has 1 unspecified atom stereocenters. The fraction of sp³-hybridized carbons (Fsp3) is 0.280. The van der Waals surface area contributed by atoms with Crippen molar-refractivity contribution >= 4 is 5.91 Å². The predicted octanol–water partition coefficient (Wildman–Crippen LogP) is 5.08. The van der Waals surface area contributed by atoms with Crippen LogP contribution in [0.4, 0.5) is 0 Å². The zero-order chi connectivity index (χ0) is 21.8. The van der Waals surface area contributed by atoms with Gasteiger partial charge in [-0.3, -0.25) is 9.89 Å². The second-order valence-electron chi connectivity index (χ2n) is 7.65. The van der Waals surface area contributed by atoms with Crippen molar-refractivity contribution in [3.05, 3.63) is 78.0 Å². The molecule has 1 atom stereocenters. The molecule has 0 bridgehead atoms. The van der Waals surface area contributed by atoms with Crippen LogP contribution >= 0.6 is 0 Å². The number of phenolic OH excluding ortho intramolecular Hbond substituents is 1. The number of hydrogen-bond acceptors (Lipinski definition) is 4. The highest BCUT2D eigenvalue weighted by atomic mass is 16.5. The van der Waals surface area contributed by atoms with Gasteiger partial charge in [0.2, 0.25) is 0 Å². The molecule has 31 heavy (non-hydrogen) atoms. The van der Waals surface area contributed by atoms with E-state index in [0.717, 1.165) is 36.1 Å². The van der Waals surface area contributed by atoms with E-state index in [1.165, 1.54) is 0 Å².